The van der Waals surface area contributed by atoms with Crippen molar-refractivity contribution >= 4 is 44.0 Å². The average molecular weight is 449 g/mol. The molecule has 3 aromatic rings. The van der Waals surface area contributed by atoms with Gasteiger partial charge in [0, 0.05) is 24.3 Å². The zero-order chi connectivity index (χ0) is 22.2. The van der Waals surface area contributed by atoms with Crippen LogP contribution >= 0.6 is 11.6 Å². The molecule has 1 unspecified atom stereocenters. The van der Waals surface area contributed by atoms with Gasteiger partial charge in [-0.3, -0.25) is 9.59 Å². The van der Waals surface area contributed by atoms with Crippen LogP contribution in [0.2, 0.25) is 5.02 Å². The lowest BCUT2D eigenvalue weighted by Gasteiger charge is -2.16. The molecule has 0 bridgehead atoms. The molecule has 0 saturated carbocycles. The number of hydrogen-bond donors (Lipinski definition) is 0. The molecular weight excluding hydrogens is 431 g/mol. The molecule has 0 aliphatic rings. The van der Waals surface area contributed by atoms with Gasteiger partial charge in [0.25, 0.3) is 0 Å². The van der Waals surface area contributed by atoms with E-state index in [2.05, 4.69) is 0 Å². The van der Waals surface area contributed by atoms with Crippen LogP contribution in [0.5, 0.6) is 0 Å². The van der Waals surface area contributed by atoms with Crippen molar-refractivity contribution in [2.75, 3.05) is 6.26 Å². The number of benzene rings is 3. The number of sulfone groups is 1. The summed E-state index contributed by atoms with van der Waals surface area (Å²) in [7, 11) is -3.50. The highest BCUT2D eigenvalue weighted by molar-refractivity contribution is 7.90. The lowest BCUT2D eigenvalue weighted by Crippen LogP contribution is -2.09. The second-order valence-electron chi connectivity index (χ2n) is 6.93. The standard InChI is InChI=1S/C22H18ClFO5S/c1-12(29-13(2)25)15-8-14-4-5-16(24)10-19(14)20(9-15)22(26)18-7-6-17(11-21(18)23)30(3,27)28/h4-12H,1-3H3. The summed E-state index contributed by atoms with van der Waals surface area (Å²) in [6, 6.07) is 11.1. The molecule has 0 N–H and O–H groups in total. The first kappa shape index (κ1) is 21.9. The SMILES string of the molecule is CC(=O)OC(C)c1cc(C(=O)c2ccc(S(C)(=O)=O)cc2Cl)c2cc(F)ccc2c1. The number of fused-ring (bicyclic) bond motifs is 1. The minimum atomic E-state index is -3.50. The van der Waals surface area contributed by atoms with E-state index < -0.39 is 33.5 Å². The third-order valence-corrected chi connectivity index (χ3v) is 6.03. The van der Waals surface area contributed by atoms with Gasteiger partial charge in [0.05, 0.1) is 9.92 Å². The monoisotopic (exact) mass is 448 g/mol. The molecule has 0 spiro atoms. The van der Waals surface area contributed by atoms with Crippen LogP contribution in [0.3, 0.4) is 0 Å². The Hall–Kier alpha value is -2.77. The first-order valence-electron chi connectivity index (χ1n) is 8.92. The summed E-state index contributed by atoms with van der Waals surface area (Å²) in [6.45, 7) is 2.94. The predicted molar refractivity (Wildman–Crippen MR) is 112 cm³/mol. The maximum atomic E-state index is 13.9. The van der Waals surface area contributed by atoms with Crippen LogP contribution in [-0.2, 0) is 19.4 Å². The van der Waals surface area contributed by atoms with Gasteiger partial charge in [0.1, 0.15) is 11.9 Å². The first-order chi connectivity index (χ1) is 14.0. The second kappa shape index (κ2) is 8.16. The van der Waals surface area contributed by atoms with Crippen molar-refractivity contribution in [2.24, 2.45) is 0 Å². The van der Waals surface area contributed by atoms with Crippen LogP contribution in [0.15, 0.2) is 53.4 Å². The first-order valence-corrected chi connectivity index (χ1v) is 11.2. The van der Waals surface area contributed by atoms with E-state index in [1.807, 2.05) is 0 Å². The van der Waals surface area contributed by atoms with E-state index in [9.17, 15) is 22.4 Å². The molecule has 1 atom stereocenters. The van der Waals surface area contributed by atoms with Crippen molar-refractivity contribution < 1.29 is 27.1 Å². The van der Waals surface area contributed by atoms with Gasteiger partial charge in [0.2, 0.25) is 0 Å². The molecule has 5 nitrogen and oxygen atoms in total. The number of hydrogen-bond acceptors (Lipinski definition) is 5. The molecule has 156 valence electrons. The Labute approximate surface area is 178 Å². The predicted octanol–water partition coefficient (Wildman–Crippen LogP) is 4.89. The van der Waals surface area contributed by atoms with E-state index in [1.165, 1.54) is 49.4 Å². The van der Waals surface area contributed by atoms with Crippen LogP contribution in [-0.4, -0.2) is 26.4 Å². The lowest BCUT2D eigenvalue weighted by molar-refractivity contribution is -0.145. The van der Waals surface area contributed by atoms with E-state index in [1.54, 1.807) is 13.0 Å². The van der Waals surface area contributed by atoms with E-state index >= 15 is 0 Å². The molecule has 0 aromatic heterocycles. The van der Waals surface area contributed by atoms with Crippen LogP contribution in [0, 0.1) is 5.82 Å². The van der Waals surface area contributed by atoms with E-state index in [-0.39, 0.29) is 21.0 Å². The number of carbonyl (C=O) groups excluding carboxylic acids is 2. The molecule has 0 fully saturated rings. The van der Waals surface area contributed by atoms with Crippen molar-refractivity contribution in [2.45, 2.75) is 24.8 Å². The normalized spacial score (nSPS) is 12.6. The van der Waals surface area contributed by atoms with Crippen LogP contribution in [0.4, 0.5) is 4.39 Å². The van der Waals surface area contributed by atoms with Gasteiger partial charge in [-0.05, 0) is 65.7 Å². The summed E-state index contributed by atoms with van der Waals surface area (Å²) in [4.78, 5) is 24.6. The largest absolute Gasteiger partial charge is 0.458 e. The summed E-state index contributed by atoms with van der Waals surface area (Å²) < 4.78 is 42.6. The zero-order valence-electron chi connectivity index (χ0n) is 16.4. The second-order valence-corrected chi connectivity index (χ2v) is 9.35. The maximum absolute atomic E-state index is 13.9. The summed E-state index contributed by atoms with van der Waals surface area (Å²) in [6.07, 6.45) is 0.405. The van der Waals surface area contributed by atoms with Gasteiger partial charge in [-0.1, -0.05) is 17.7 Å². The van der Waals surface area contributed by atoms with E-state index in [4.69, 9.17) is 16.3 Å². The zero-order valence-corrected chi connectivity index (χ0v) is 18.0. The Balaban J connectivity index is 2.19. The summed E-state index contributed by atoms with van der Waals surface area (Å²) >= 11 is 6.21. The van der Waals surface area contributed by atoms with Gasteiger partial charge in [0.15, 0.2) is 15.6 Å². The minimum absolute atomic E-state index is 0.0165. The fourth-order valence-electron chi connectivity index (χ4n) is 3.15. The number of esters is 1. The topological polar surface area (TPSA) is 77.5 Å². The van der Waals surface area contributed by atoms with Crippen molar-refractivity contribution in [3.8, 4) is 0 Å². The molecule has 0 radical (unpaired) electrons. The Morgan fingerprint density at radius 2 is 1.73 bits per heavy atom. The number of carbonyl (C=O) groups is 2. The average Bonchev–Trinajstić information content (AvgIpc) is 2.65. The van der Waals surface area contributed by atoms with Crippen molar-refractivity contribution in [1.82, 2.24) is 0 Å². The smallest absolute Gasteiger partial charge is 0.303 e. The van der Waals surface area contributed by atoms with Crippen molar-refractivity contribution in [3.05, 3.63) is 76.1 Å². The van der Waals surface area contributed by atoms with Crippen LogP contribution in [0.25, 0.3) is 10.8 Å². The highest BCUT2D eigenvalue weighted by atomic mass is 35.5. The molecule has 0 amide bonds. The molecule has 0 aliphatic carbocycles. The van der Waals surface area contributed by atoms with Crippen LogP contribution in [0.1, 0.15) is 41.4 Å². The molecule has 8 heteroatoms. The number of ether oxygens (including phenoxy) is 1. The molecule has 0 heterocycles. The fraction of sp³-hybridized carbons (Fsp3) is 0.182. The molecule has 0 saturated heterocycles. The Morgan fingerprint density at radius 3 is 2.33 bits per heavy atom. The van der Waals surface area contributed by atoms with Gasteiger partial charge < -0.3 is 4.74 Å². The molecular formula is C22H18ClFO5S. The lowest BCUT2D eigenvalue weighted by atomic mass is 9.93. The molecule has 30 heavy (non-hydrogen) atoms. The van der Waals surface area contributed by atoms with Gasteiger partial charge >= 0.3 is 5.97 Å². The van der Waals surface area contributed by atoms with Gasteiger partial charge in [-0.15, -0.1) is 0 Å². The summed E-state index contributed by atoms with van der Waals surface area (Å²) in [5, 5.41) is 0.910. The number of rotatable bonds is 5. The quantitative estimate of drug-likeness (QED) is 0.410. The van der Waals surface area contributed by atoms with E-state index in [0.29, 0.717) is 16.3 Å². The number of ketones is 1. The third kappa shape index (κ3) is 4.52. The fourth-order valence-corrected chi connectivity index (χ4v) is 4.13. The molecule has 0 aliphatic heterocycles. The Morgan fingerprint density at radius 1 is 1.03 bits per heavy atom. The van der Waals surface area contributed by atoms with Gasteiger partial charge in [-0.25, -0.2) is 12.8 Å². The van der Waals surface area contributed by atoms with Crippen molar-refractivity contribution in [1.29, 1.82) is 0 Å². The Bertz CT molecular complexity index is 1280. The van der Waals surface area contributed by atoms with Gasteiger partial charge in [-0.2, -0.15) is 0 Å². The Kier molecular flexibility index (Phi) is 5.97. The number of halogens is 2. The third-order valence-electron chi connectivity index (χ3n) is 4.61. The molecule has 3 aromatic carbocycles. The van der Waals surface area contributed by atoms with Crippen LogP contribution < -0.4 is 0 Å². The van der Waals surface area contributed by atoms with E-state index in [0.717, 1.165) is 6.26 Å². The minimum Gasteiger partial charge on any atom is -0.458 e. The summed E-state index contributed by atoms with van der Waals surface area (Å²) in [5.41, 5.74) is 0.790. The highest BCUT2D eigenvalue weighted by Gasteiger charge is 2.21. The summed E-state index contributed by atoms with van der Waals surface area (Å²) in [5.74, 6) is -1.50. The molecule has 3 rings (SSSR count). The van der Waals surface area contributed by atoms with Crippen molar-refractivity contribution in [3.63, 3.8) is 0 Å². The highest BCUT2D eigenvalue weighted by Crippen LogP contribution is 2.31. The maximum Gasteiger partial charge on any atom is 0.303 e.